The van der Waals surface area contributed by atoms with Crippen molar-refractivity contribution in [2.24, 2.45) is 7.05 Å². The van der Waals surface area contributed by atoms with Gasteiger partial charge in [0.2, 0.25) is 5.91 Å². The first kappa shape index (κ1) is 18.0. The quantitative estimate of drug-likeness (QED) is 0.618. The molecule has 1 saturated heterocycles. The molecular weight excluding hydrogens is 332 g/mol. The van der Waals surface area contributed by atoms with Crippen LogP contribution in [0, 0.1) is 13.8 Å². The van der Waals surface area contributed by atoms with Gasteiger partial charge in [-0.1, -0.05) is 24.6 Å². The molecule has 134 valence electrons. The highest BCUT2D eigenvalue weighted by Gasteiger charge is 2.28. The van der Waals surface area contributed by atoms with Crippen LogP contribution in [0.2, 0.25) is 0 Å². The first-order valence-corrected chi connectivity index (χ1v) is 9.89. The third kappa shape index (κ3) is 4.42. The van der Waals surface area contributed by atoms with E-state index in [9.17, 15) is 4.79 Å². The third-order valence-corrected chi connectivity index (χ3v) is 5.52. The van der Waals surface area contributed by atoms with Crippen LogP contribution >= 0.6 is 11.8 Å². The van der Waals surface area contributed by atoms with E-state index < -0.39 is 0 Å². The molecule has 0 aliphatic carbocycles. The Labute approximate surface area is 153 Å². The molecule has 0 aromatic carbocycles. The van der Waals surface area contributed by atoms with Gasteiger partial charge in [0.25, 0.3) is 0 Å². The molecular formula is C19H26N4OS. The van der Waals surface area contributed by atoms with E-state index in [1.54, 1.807) is 0 Å². The minimum Gasteiger partial charge on any atom is -0.353 e. The number of hydrogen-bond donors (Lipinski definition) is 0. The van der Waals surface area contributed by atoms with Gasteiger partial charge in [-0.25, -0.2) is 9.97 Å². The molecule has 1 aliphatic heterocycles. The van der Waals surface area contributed by atoms with Crippen molar-refractivity contribution in [1.82, 2.24) is 19.4 Å². The number of thioether (sulfide) groups is 1. The summed E-state index contributed by atoms with van der Waals surface area (Å²) in [6, 6.07) is 6.32. The largest absolute Gasteiger partial charge is 0.353 e. The number of nitrogens with zero attached hydrogens (tertiary/aromatic N) is 4. The predicted octanol–water partition coefficient (Wildman–Crippen LogP) is 3.67. The minimum absolute atomic E-state index is 0.177. The minimum atomic E-state index is 0.177. The Kier molecular flexibility index (Phi) is 5.78. The Hall–Kier alpha value is -1.82. The van der Waals surface area contributed by atoms with Gasteiger partial charge in [0.1, 0.15) is 0 Å². The summed E-state index contributed by atoms with van der Waals surface area (Å²) >= 11 is 1.44. The van der Waals surface area contributed by atoms with Crippen molar-refractivity contribution in [2.45, 2.75) is 50.7 Å². The second-order valence-electron chi connectivity index (χ2n) is 6.72. The SMILES string of the molecule is Cc1cc(C)nc(SCC(=O)N2CCCCC[C@@H]2c2cccn2C)n1. The van der Waals surface area contributed by atoms with Crippen LogP contribution in [0.3, 0.4) is 0 Å². The maximum absolute atomic E-state index is 13.0. The molecule has 1 amide bonds. The molecule has 1 atom stereocenters. The van der Waals surface area contributed by atoms with Gasteiger partial charge in [0.15, 0.2) is 5.16 Å². The fourth-order valence-corrected chi connectivity index (χ4v) is 4.34. The summed E-state index contributed by atoms with van der Waals surface area (Å²) < 4.78 is 2.14. The van der Waals surface area contributed by atoms with Gasteiger partial charge < -0.3 is 9.47 Å². The van der Waals surface area contributed by atoms with Crippen molar-refractivity contribution in [3.05, 3.63) is 41.5 Å². The number of aryl methyl sites for hydroxylation is 3. The zero-order valence-corrected chi connectivity index (χ0v) is 16.1. The highest BCUT2D eigenvalue weighted by atomic mass is 32.2. The lowest BCUT2D eigenvalue weighted by Gasteiger charge is -2.30. The lowest BCUT2D eigenvalue weighted by atomic mass is 10.1. The van der Waals surface area contributed by atoms with E-state index in [1.807, 2.05) is 19.9 Å². The van der Waals surface area contributed by atoms with Gasteiger partial charge in [-0.2, -0.15) is 0 Å². The van der Waals surface area contributed by atoms with E-state index in [0.29, 0.717) is 10.9 Å². The number of carbonyl (C=O) groups excluding carboxylic acids is 1. The highest BCUT2D eigenvalue weighted by Crippen LogP contribution is 2.31. The predicted molar refractivity (Wildman–Crippen MR) is 101 cm³/mol. The van der Waals surface area contributed by atoms with Crippen molar-refractivity contribution >= 4 is 17.7 Å². The zero-order valence-electron chi connectivity index (χ0n) is 15.2. The number of rotatable bonds is 4. The molecule has 2 aromatic heterocycles. The molecule has 0 spiro atoms. The first-order chi connectivity index (χ1) is 12.0. The Morgan fingerprint density at radius 3 is 2.68 bits per heavy atom. The van der Waals surface area contributed by atoms with Crippen LogP contribution in [-0.2, 0) is 11.8 Å². The van der Waals surface area contributed by atoms with Crippen LogP contribution in [0.4, 0.5) is 0 Å². The van der Waals surface area contributed by atoms with E-state index in [1.165, 1.54) is 30.3 Å². The second-order valence-corrected chi connectivity index (χ2v) is 7.66. The average Bonchev–Trinajstić information content (AvgIpc) is 2.84. The summed E-state index contributed by atoms with van der Waals surface area (Å²) in [6.45, 7) is 4.75. The zero-order chi connectivity index (χ0) is 17.8. The molecule has 3 heterocycles. The normalized spacial score (nSPS) is 18.2. The second kappa shape index (κ2) is 8.04. The Balaban J connectivity index is 1.72. The van der Waals surface area contributed by atoms with E-state index in [2.05, 4.69) is 44.8 Å². The summed E-state index contributed by atoms with van der Waals surface area (Å²) in [5.74, 6) is 0.574. The number of hydrogen-bond acceptors (Lipinski definition) is 4. The van der Waals surface area contributed by atoms with E-state index in [-0.39, 0.29) is 11.9 Å². The summed E-state index contributed by atoms with van der Waals surface area (Å²) in [5.41, 5.74) is 3.11. The molecule has 1 aliphatic rings. The number of likely N-dealkylation sites (tertiary alicyclic amines) is 1. The van der Waals surface area contributed by atoms with Crippen LogP contribution in [0.1, 0.15) is 48.8 Å². The molecule has 1 fully saturated rings. The molecule has 0 N–H and O–H groups in total. The lowest BCUT2D eigenvalue weighted by Crippen LogP contribution is -2.36. The fraction of sp³-hybridized carbons (Fsp3) is 0.526. The third-order valence-electron chi connectivity index (χ3n) is 4.68. The Bertz CT molecular complexity index is 723. The lowest BCUT2D eigenvalue weighted by molar-refractivity contribution is -0.130. The van der Waals surface area contributed by atoms with Gasteiger partial charge in [-0.3, -0.25) is 4.79 Å². The fourth-order valence-electron chi connectivity index (χ4n) is 3.50. The molecule has 0 saturated carbocycles. The van der Waals surface area contributed by atoms with Crippen molar-refractivity contribution in [3.63, 3.8) is 0 Å². The van der Waals surface area contributed by atoms with Crippen molar-refractivity contribution < 1.29 is 4.79 Å². The average molecular weight is 359 g/mol. The van der Waals surface area contributed by atoms with E-state index in [0.717, 1.165) is 30.8 Å². The smallest absolute Gasteiger partial charge is 0.233 e. The first-order valence-electron chi connectivity index (χ1n) is 8.90. The molecule has 3 rings (SSSR count). The van der Waals surface area contributed by atoms with Gasteiger partial charge in [-0.15, -0.1) is 0 Å². The van der Waals surface area contributed by atoms with Crippen LogP contribution in [0.5, 0.6) is 0 Å². The number of carbonyl (C=O) groups is 1. The Morgan fingerprint density at radius 2 is 2.00 bits per heavy atom. The van der Waals surface area contributed by atoms with Crippen LogP contribution in [-0.4, -0.2) is 37.6 Å². The molecule has 6 heteroatoms. The topological polar surface area (TPSA) is 51.0 Å². The van der Waals surface area contributed by atoms with E-state index in [4.69, 9.17) is 0 Å². The molecule has 2 aromatic rings. The molecule has 5 nitrogen and oxygen atoms in total. The van der Waals surface area contributed by atoms with Gasteiger partial charge >= 0.3 is 0 Å². The monoisotopic (exact) mass is 358 g/mol. The van der Waals surface area contributed by atoms with Crippen LogP contribution < -0.4 is 0 Å². The number of amides is 1. The van der Waals surface area contributed by atoms with Gasteiger partial charge in [-0.05, 0) is 44.9 Å². The summed E-state index contributed by atoms with van der Waals surface area (Å²) in [4.78, 5) is 23.9. The maximum Gasteiger partial charge on any atom is 0.233 e. The number of aromatic nitrogens is 3. The summed E-state index contributed by atoms with van der Waals surface area (Å²) in [7, 11) is 2.06. The van der Waals surface area contributed by atoms with Crippen LogP contribution in [0.25, 0.3) is 0 Å². The highest BCUT2D eigenvalue weighted by molar-refractivity contribution is 7.99. The molecule has 25 heavy (non-hydrogen) atoms. The summed E-state index contributed by atoms with van der Waals surface area (Å²) in [5, 5.41) is 0.691. The molecule has 0 unspecified atom stereocenters. The standard InChI is InChI=1S/C19H26N4OS/c1-14-12-15(2)21-19(20-14)25-13-18(24)23-11-6-4-5-8-17(23)16-9-7-10-22(16)3/h7,9-10,12,17H,4-6,8,11,13H2,1-3H3/t17-/m1/s1. The van der Waals surface area contributed by atoms with Crippen molar-refractivity contribution in [3.8, 4) is 0 Å². The van der Waals surface area contributed by atoms with Crippen LogP contribution in [0.15, 0.2) is 29.6 Å². The van der Waals surface area contributed by atoms with E-state index >= 15 is 0 Å². The molecule has 0 radical (unpaired) electrons. The van der Waals surface area contributed by atoms with Gasteiger partial charge in [0.05, 0.1) is 11.8 Å². The van der Waals surface area contributed by atoms with Gasteiger partial charge in [0, 0.05) is 36.9 Å². The summed E-state index contributed by atoms with van der Waals surface area (Å²) in [6.07, 6.45) is 6.54. The van der Waals surface area contributed by atoms with Crippen molar-refractivity contribution in [2.75, 3.05) is 12.3 Å². The van der Waals surface area contributed by atoms with Crippen molar-refractivity contribution in [1.29, 1.82) is 0 Å². The maximum atomic E-state index is 13.0. The Morgan fingerprint density at radius 1 is 1.24 bits per heavy atom. The molecule has 0 bridgehead atoms.